The summed E-state index contributed by atoms with van der Waals surface area (Å²) >= 11 is 0. The average Bonchev–Trinajstić information content (AvgIpc) is 2.89. The molecule has 3 rings (SSSR count). The molecule has 0 aliphatic carbocycles. The third-order valence-electron chi connectivity index (χ3n) is 3.89. The van der Waals surface area contributed by atoms with Gasteiger partial charge in [0.05, 0.1) is 12.1 Å². The fraction of sp³-hybridized carbons (Fsp3) is 0.467. The summed E-state index contributed by atoms with van der Waals surface area (Å²) < 4.78 is 19.6. The lowest BCUT2D eigenvalue weighted by atomic mass is 9.96. The predicted molar refractivity (Wildman–Crippen MR) is 77.1 cm³/mol. The van der Waals surface area contributed by atoms with Crippen LogP contribution in [0.1, 0.15) is 28.9 Å². The summed E-state index contributed by atoms with van der Waals surface area (Å²) in [4.78, 5) is 12.2. The zero-order valence-corrected chi connectivity index (χ0v) is 11.9. The molecule has 1 fully saturated rings. The van der Waals surface area contributed by atoms with Gasteiger partial charge in [0.1, 0.15) is 5.67 Å². The van der Waals surface area contributed by atoms with Crippen molar-refractivity contribution >= 4 is 16.8 Å². The van der Waals surface area contributed by atoms with E-state index in [-0.39, 0.29) is 12.5 Å². The molecule has 0 saturated carbocycles. The van der Waals surface area contributed by atoms with Gasteiger partial charge in [-0.3, -0.25) is 9.89 Å². The molecule has 112 valence electrons. The Morgan fingerprint density at radius 2 is 2.24 bits per heavy atom. The van der Waals surface area contributed by atoms with Crippen LogP contribution in [-0.4, -0.2) is 41.5 Å². The number of carbonyl (C=O) groups excluding carboxylic acids is 1. The number of aryl methyl sites for hydroxylation is 1. The molecule has 2 N–H and O–H groups in total. The van der Waals surface area contributed by atoms with Crippen molar-refractivity contribution in [2.24, 2.45) is 0 Å². The number of carbonyl (C=O) groups is 1. The number of hydrogen-bond donors (Lipinski definition) is 2. The molecular formula is C15H18FN3O2. The van der Waals surface area contributed by atoms with Crippen molar-refractivity contribution in [2.45, 2.75) is 25.4 Å². The topological polar surface area (TPSA) is 67.0 Å². The molecule has 1 aliphatic rings. The fourth-order valence-electron chi connectivity index (χ4n) is 2.54. The molecular weight excluding hydrogens is 273 g/mol. The molecule has 2 heterocycles. The Kier molecular flexibility index (Phi) is 3.63. The number of nitrogens with zero attached hydrogens (tertiary/aromatic N) is 1. The molecule has 1 saturated heterocycles. The van der Waals surface area contributed by atoms with Crippen LogP contribution in [0, 0.1) is 6.92 Å². The molecule has 6 heteroatoms. The highest BCUT2D eigenvalue weighted by molar-refractivity contribution is 6.04. The number of hydrogen-bond acceptors (Lipinski definition) is 3. The zero-order valence-electron chi connectivity index (χ0n) is 11.9. The van der Waals surface area contributed by atoms with Crippen LogP contribution in [0.15, 0.2) is 18.2 Å². The number of H-pyrrole nitrogens is 1. The summed E-state index contributed by atoms with van der Waals surface area (Å²) in [6.45, 7) is 2.75. The number of rotatable bonds is 3. The minimum Gasteiger partial charge on any atom is -0.381 e. The Morgan fingerprint density at radius 3 is 3.00 bits per heavy atom. The first-order valence-electron chi connectivity index (χ1n) is 7.07. The predicted octanol–water partition coefficient (Wildman–Crippen LogP) is 2.12. The van der Waals surface area contributed by atoms with Gasteiger partial charge in [-0.05, 0) is 19.1 Å². The maximum absolute atomic E-state index is 14.4. The van der Waals surface area contributed by atoms with E-state index in [1.54, 1.807) is 0 Å². The molecule has 0 bridgehead atoms. The highest BCUT2D eigenvalue weighted by Crippen LogP contribution is 2.24. The Balaban J connectivity index is 1.73. The number of aromatic amines is 1. The van der Waals surface area contributed by atoms with Crippen LogP contribution in [-0.2, 0) is 4.74 Å². The van der Waals surface area contributed by atoms with Gasteiger partial charge < -0.3 is 10.1 Å². The standard InChI is InChI=1S/C15H18FN3O2/c1-10-2-3-12-11(8-10)13(19-18-12)14(20)17-9-15(16)4-6-21-7-5-15/h2-3,8H,4-7,9H2,1H3,(H,17,20)(H,18,19). The lowest BCUT2D eigenvalue weighted by Gasteiger charge is -2.29. The monoisotopic (exact) mass is 291 g/mol. The second kappa shape index (κ2) is 5.44. The summed E-state index contributed by atoms with van der Waals surface area (Å²) in [7, 11) is 0. The van der Waals surface area contributed by atoms with Crippen molar-refractivity contribution in [1.82, 2.24) is 15.5 Å². The van der Waals surface area contributed by atoms with Crippen molar-refractivity contribution in [3.05, 3.63) is 29.5 Å². The minimum atomic E-state index is -1.38. The summed E-state index contributed by atoms with van der Waals surface area (Å²) in [5.74, 6) is -0.352. The SMILES string of the molecule is Cc1ccc2[nH]nc(C(=O)NCC3(F)CCOCC3)c2c1. The van der Waals surface area contributed by atoms with Crippen LogP contribution in [0.25, 0.3) is 10.9 Å². The van der Waals surface area contributed by atoms with Gasteiger partial charge in [-0.2, -0.15) is 5.10 Å². The number of amides is 1. The summed E-state index contributed by atoms with van der Waals surface area (Å²) in [5, 5.41) is 10.3. The molecule has 21 heavy (non-hydrogen) atoms. The van der Waals surface area contributed by atoms with Gasteiger partial charge in [0, 0.05) is 31.4 Å². The van der Waals surface area contributed by atoms with Gasteiger partial charge in [0.2, 0.25) is 0 Å². The molecule has 1 aromatic heterocycles. The van der Waals surface area contributed by atoms with Gasteiger partial charge in [-0.25, -0.2) is 4.39 Å². The van der Waals surface area contributed by atoms with Crippen molar-refractivity contribution in [1.29, 1.82) is 0 Å². The average molecular weight is 291 g/mol. The maximum atomic E-state index is 14.4. The molecule has 0 unspecified atom stereocenters. The lowest BCUT2D eigenvalue weighted by Crippen LogP contribution is -2.43. The van der Waals surface area contributed by atoms with Gasteiger partial charge >= 0.3 is 0 Å². The second-order valence-electron chi connectivity index (χ2n) is 5.57. The van der Waals surface area contributed by atoms with E-state index >= 15 is 0 Å². The third-order valence-corrected chi connectivity index (χ3v) is 3.89. The highest BCUT2D eigenvalue weighted by atomic mass is 19.1. The van der Waals surface area contributed by atoms with E-state index in [0.29, 0.717) is 31.7 Å². The van der Waals surface area contributed by atoms with Crippen LogP contribution in [0.3, 0.4) is 0 Å². The Hall–Kier alpha value is -1.95. The molecule has 0 spiro atoms. The third kappa shape index (κ3) is 2.90. The van der Waals surface area contributed by atoms with E-state index in [4.69, 9.17) is 4.74 Å². The van der Waals surface area contributed by atoms with Gasteiger partial charge in [0.25, 0.3) is 5.91 Å². The van der Waals surface area contributed by atoms with Crippen LogP contribution < -0.4 is 5.32 Å². The molecule has 1 aliphatic heterocycles. The van der Waals surface area contributed by atoms with E-state index in [1.165, 1.54) is 0 Å². The number of nitrogens with one attached hydrogen (secondary N) is 2. The van der Waals surface area contributed by atoms with Crippen molar-refractivity contribution in [3.8, 4) is 0 Å². The van der Waals surface area contributed by atoms with Gasteiger partial charge in [-0.1, -0.05) is 11.6 Å². The van der Waals surface area contributed by atoms with Gasteiger partial charge in [-0.15, -0.1) is 0 Å². The fourth-order valence-corrected chi connectivity index (χ4v) is 2.54. The number of halogens is 1. The number of alkyl halides is 1. The summed E-state index contributed by atoms with van der Waals surface area (Å²) in [5.41, 5.74) is 0.774. The molecule has 2 aromatic rings. The van der Waals surface area contributed by atoms with E-state index in [2.05, 4.69) is 15.5 Å². The smallest absolute Gasteiger partial charge is 0.272 e. The van der Waals surface area contributed by atoms with Crippen molar-refractivity contribution in [3.63, 3.8) is 0 Å². The second-order valence-corrected chi connectivity index (χ2v) is 5.57. The minimum absolute atomic E-state index is 0.00460. The summed E-state index contributed by atoms with van der Waals surface area (Å²) in [6.07, 6.45) is 0.626. The number of benzene rings is 1. The van der Waals surface area contributed by atoms with Crippen LogP contribution in [0.4, 0.5) is 4.39 Å². The normalized spacial score (nSPS) is 17.8. The van der Waals surface area contributed by atoms with Crippen LogP contribution >= 0.6 is 0 Å². The Bertz CT molecular complexity index is 662. The first kappa shape index (κ1) is 14.0. The summed E-state index contributed by atoms with van der Waals surface area (Å²) in [6, 6.07) is 5.72. The zero-order chi connectivity index (χ0) is 14.9. The molecule has 1 amide bonds. The van der Waals surface area contributed by atoms with E-state index in [0.717, 1.165) is 16.5 Å². The highest BCUT2D eigenvalue weighted by Gasteiger charge is 2.33. The Morgan fingerprint density at radius 1 is 1.48 bits per heavy atom. The first-order valence-corrected chi connectivity index (χ1v) is 7.07. The molecule has 0 atom stereocenters. The molecule has 0 radical (unpaired) electrons. The van der Waals surface area contributed by atoms with Crippen LogP contribution in [0.2, 0.25) is 0 Å². The van der Waals surface area contributed by atoms with E-state index in [9.17, 15) is 9.18 Å². The molecule has 5 nitrogen and oxygen atoms in total. The van der Waals surface area contributed by atoms with Crippen molar-refractivity contribution in [2.75, 3.05) is 19.8 Å². The van der Waals surface area contributed by atoms with E-state index in [1.807, 2.05) is 25.1 Å². The number of ether oxygens (including phenoxy) is 1. The maximum Gasteiger partial charge on any atom is 0.272 e. The largest absolute Gasteiger partial charge is 0.381 e. The number of aromatic nitrogens is 2. The quantitative estimate of drug-likeness (QED) is 0.910. The van der Waals surface area contributed by atoms with Crippen LogP contribution in [0.5, 0.6) is 0 Å². The number of fused-ring (bicyclic) bond motifs is 1. The Labute approximate surface area is 121 Å². The van der Waals surface area contributed by atoms with Crippen molar-refractivity contribution < 1.29 is 13.9 Å². The molecule has 1 aromatic carbocycles. The first-order chi connectivity index (χ1) is 10.1. The van der Waals surface area contributed by atoms with E-state index < -0.39 is 5.67 Å². The van der Waals surface area contributed by atoms with Gasteiger partial charge in [0.15, 0.2) is 5.69 Å². The lowest BCUT2D eigenvalue weighted by molar-refractivity contribution is -0.00739.